The number of amides is 1. The summed E-state index contributed by atoms with van der Waals surface area (Å²) >= 11 is 1.40. The topological polar surface area (TPSA) is 51.1 Å². The molecule has 0 radical (unpaired) electrons. The van der Waals surface area contributed by atoms with Crippen molar-refractivity contribution >= 4 is 28.9 Å². The molecule has 1 heterocycles. The largest absolute Gasteiger partial charge is 0.494 e. The Bertz CT molecular complexity index is 1180. The average Bonchev–Trinajstić information content (AvgIpc) is 3.15. The highest BCUT2D eigenvalue weighted by atomic mass is 32.2. The Morgan fingerprint density at radius 3 is 2.24 bits per heavy atom. The van der Waals surface area contributed by atoms with Crippen LogP contribution >= 0.6 is 11.8 Å². The fourth-order valence-corrected chi connectivity index (χ4v) is 4.55. The molecule has 1 aliphatic rings. The molecule has 5 nitrogen and oxygen atoms in total. The minimum absolute atomic E-state index is 0.0583. The molecule has 0 aromatic heterocycles. The van der Waals surface area contributed by atoms with Crippen LogP contribution in [-0.2, 0) is 17.9 Å². The van der Waals surface area contributed by atoms with Crippen molar-refractivity contribution in [1.29, 1.82) is 0 Å². The lowest BCUT2D eigenvalue weighted by Crippen LogP contribution is -2.28. The fourth-order valence-electron chi connectivity index (χ4n) is 3.59. The number of rotatable bonds is 9. The molecule has 34 heavy (non-hydrogen) atoms. The average molecular weight is 473 g/mol. The third kappa shape index (κ3) is 5.88. The zero-order valence-electron chi connectivity index (χ0n) is 19.4. The Hall–Kier alpha value is -3.51. The lowest BCUT2D eigenvalue weighted by atomic mass is 10.1. The summed E-state index contributed by atoms with van der Waals surface area (Å²) in [5.74, 6) is 1.38. The van der Waals surface area contributed by atoms with Crippen molar-refractivity contribution in [2.24, 2.45) is 4.99 Å². The van der Waals surface area contributed by atoms with E-state index in [0.717, 1.165) is 22.4 Å². The van der Waals surface area contributed by atoms with Crippen molar-refractivity contribution in [2.45, 2.75) is 26.9 Å². The number of ether oxygens (including phenoxy) is 2. The first-order valence-corrected chi connectivity index (χ1v) is 12.2. The zero-order chi connectivity index (χ0) is 23.8. The van der Waals surface area contributed by atoms with Gasteiger partial charge in [0.05, 0.1) is 31.2 Å². The molecule has 6 heteroatoms. The molecule has 4 rings (SSSR count). The third-order valence-electron chi connectivity index (χ3n) is 5.19. The molecule has 1 aliphatic heterocycles. The first-order valence-electron chi connectivity index (χ1n) is 11.4. The summed E-state index contributed by atoms with van der Waals surface area (Å²) in [5.41, 5.74) is 3.00. The molecule has 0 bridgehead atoms. The molecule has 0 atom stereocenters. The van der Waals surface area contributed by atoms with Gasteiger partial charge in [-0.1, -0.05) is 60.7 Å². The molecule has 0 spiro atoms. The van der Waals surface area contributed by atoms with Crippen molar-refractivity contribution in [3.63, 3.8) is 0 Å². The van der Waals surface area contributed by atoms with E-state index in [4.69, 9.17) is 14.5 Å². The molecular weight excluding hydrogens is 444 g/mol. The van der Waals surface area contributed by atoms with Crippen LogP contribution in [0.3, 0.4) is 0 Å². The number of hydrogen-bond donors (Lipinski definition) is 0. The molecule has 174 valence electrons. The van der Waals surface area contributed by atoms with Gasteiger partial charge in [0.2, 0.25) is 0 Å². The summed E-state index contributed by atoms with van der Waals surface area (Å²) in [5, 5.41) is 0.702. The summed E-state index contributed by atoms with van der Waals surface area (Å²) in [4.78, 5) is 20.6. The Morgan fingerprint density at radius 1 is 0.882 bits per heavy atom. The molecule has 1 saturated heterocycles. The van der Waals surface area contributed by atoms with Gasteiger partial charge in [-0.3, -0.25) is 14.7 Å². The third-order valence-corrected chi connectivity index (χ3v) is 6.24. The number of hydrogen-bond acceptors (Lipinski definition) is 5. The van der Waals surface area contributed by atoms with Crippen LogP contribution in [0.4, 0.5) is 0 Å². The highest BCUT2D eigenvalue weighted by molar-refractivity contribution is 8.18. The van der Waals surface area contributed by atoms with Crippen molar-refractivity contribution < 1.29 is 14.3 Å². The van der Waals surface area contributed by atoms with Gasteiger partial charge in [0, 0.05) is 11.6 Å². The van der Waals surface area contributed by atoms with E-state index >= 15 is 0 Å². The van der Waals surface area contributed by atoms with E-state index in [9.17, 15) is 4.79 Å². The number of thioether (sulfide) groups is 1. The second-order valence-corrected chi connectivity index (χ2v) is 8.65. The van der Waals surface area contributed by atoms with E-state index < -0.39 is 0 Å². The van der Waals surface area contributed by atoms with Gasteiger partial charge in [-0.05, 0) is 54.9 Å². The van der Waals surface area contributed by atoms with Gasteiger partial charge < -0.3 is 9.47 Å². The minimum Gasteiger partial charge on any atom is -0.494 e. The van der Waals surface area contributed by atoms with Crippen LogP contribution in [0.25, 0.3) is 6.08 Å². The SMILES string of the molecule is CCOc1ccc(/C=C2\SC(=NCc3ccccc3)N(Cc3ccccc3)C2=O)c(OCC)c1. The Kier molecular flexibility index (Phi) is 8.04. The summed E-state index contributed by atoms with van der Waals surface area (Å²) in [6.07, 6.45) is 1.89. The van der Waals surface area contributed by atoms with Crippen LogP contribution in [0.5, 0.6) is 11.5 Å². The van der Waals surface area contributed by atoms with E-state index in [1.165, 1.54) is 11.8 Å². The number of carbonyl (C=O) groups excluding carboxylic acids is 1. The lowest BCUT2D eigenvalue weighted by molar-refractivity contribution is -0.122. The number of nitrogens with zero attached hydrogens (tertiary/aromatic N) is 2. The second-order valence-electron chi connectivity index (χ2n) is 7.64. The summed E-state index contributed by atoms with van der Waals surface area (Å²) in [6, 6.07) is 25.7. The molecular formula is C28H28N2O3S. The smallest absolute Gasteiger partial charge is 0.267 e. The Balaban J connectivity index is 1.65. The second kappa shape index (κ2) is 11.6. The van der Waals surface area contributed by atoms with E-state index in [2.05, 4.69) is 0 Å². The quantitative estimate of drug-likeness (QED) is 0.350. The van der Waals surface area contributed by atoms with Gasteiger partial charge >= 0.3 is 0 Å². The maximum Gasteiger partial charge on any atom is 0.267 e. The molecule has 0 saturated carbocycles. The van der Waals surface area contributed by atoms with E-state index in [0.29, 0.717) is 42.1 Å². The number of amidine groups is 1. The van der Waals surface area contributed by atoms with Gasteiger partial charge in [-0.25, -0.2) is 0 Å². The summed E-state index contributed by atoms with van der Waals surface area (Å²) < 4.78 is 11.4. The summed E-state index contributed by atoms with van der Waals surface area (Å²) in [7, 11) is 0. The van der Waals surface area contributed by atoms with E-state index in [1.807, 2.05) is 98.8 Å². The van der Waals surface area contributed by atoms with Crippen LogP contribution < -0.4 is 9.47 Å². The maximum absolute atomic E-state index is 13.5. The highest BCUT2D eigenvalue weighted by Crippen LogP contribution is 2.36. The van der Waals surface area contributed by atoms with Gasteiger partial charge in [0.15, 0.2) is 5.17 Å². The molecule has 1 fully saturated rings. The molecule has 1 amide bonds. The molecule has 3 aromatic rings. The fraction of sp³-hybridized carbons (Fsp3) is 0.214. The van der Waals surface area contributed by atoms with Gasteiger partial charge in [0.1, 0.15) is 11.5 Å². The van der Waals surface area contributed by atoms with Crippen LogP contribution in [0.2, 0.25) is 0 Å². The van der Waals surface area contributed by atoms with E-state index in [-0.39, 0.29) is 5.91 Å². The zero-order valence-corrected chi connectivity index (χ0v) is 20.3. The molecule has 0 unspecified atom stereocenters. The van der Waals surface area contributed by atoms with Crippen molar-refractivity contribution in [3.05, 3.63) is 100 Å². The highest BCUT2D eigenvalue weighted by Gasteiger charge is 2.33. The standard InChI is InChI=1S/C28H28N2O3S/c1-3-32-24-16-15-23(25(18-24)33-4-2)17-26-27(31)30(20-22-13-9-6-10-14-22)28(34-26)29-19-21-11-7-5-8-12-21/h5-18H,3-4,19-20H2,1-2H3/b26-17-,29-28?. The Morgan fingerprint density at radius 2 is 1.56 bits per heavy atom. The van der Waals surface area contributed by atoms with E-state index in [1.54, 1.807) is 4.90 Å². The minimum atomic E-state index is -0.0583. The Labute approximate surface area is 205 Å². The van der Waals surface area contributed by atoms with Crippen molar-refractivity contribution in [2.75, 3.05) is 13.2 Å². The normalized spacial score (nSPS) is 15.8. The van der Waals surface area contributed by atoms with Gasteiger partial charge in [-0.2, -0.15) is 0 Å². The molecule has 0 aliphatic carbocycles. The van der Waals surface area contributed by atoms with Crippen LogP contribution in [0, 0.1) is 0 Å². The molecule has 3 aromatic carbocycles. The maximum atomic E-state index is 13.5. The number of benzene rings is 3. The van der Waals surface area contributed by atoms with Crippen molar-refractivity contribution in [3.8, 4) is 11.5 Å². The monoisotopic (exact) mass is 472 g/mol. The molecule has 0 N–H and O–H groups in total. The van der Waals surface area contributed by atoms with Crippen LogP contribution in [0.15, 0.2) is 88.8 Å². The first-order chi connectivity index (χ1) is 16.7. The van der Waals surface area contributed by atoms with Gasteiger partial charge in [0.25, 0.3) is 5.91 Å². The van der Waals surface area contributed by atoms with Gasteiger partial charge in [-0.15, -0.1) is 0 Å². The summed E-state index contributed by atoms with van der Waals surface area (Å²) in [6.45, 7) is 5.98. The predicted octanol–water partition coefficient (Wildman–Crippen LogP) is 6.16. The lowest BCUT2D eigenvalue weighted by Gasteiger charge is -2.15. The predicted molar refractivity (Wildman–Crippen MR) is 139 cm³/mol. The van der Waals surface area contributed by atoms with Crippen molar-refractivity contribution in [1.82, 2.24) is 4.90 Å². The first kappa shape index (κ1) is 23.6. The number of aliphatic imine (C=N–C) groups is 1. The number of carbonyl (C=O) groups is 1. The van der Waals surface area contributed by atoms with Crippen LogP contribution in [-0.4, -0.2) is 29.2 Å². The van der Waals surface area contributed by atoms with Crippen LogP contribution in [0.1, 0.15) is 30.5 Å².